The van der Waals surface area contributed by atoms with Gasteiger partial charge < -0.3 is 14.6 Å². The SMILES string of the molecule is O=C(NC1CN2CCC1CC2)c1cc2ccccc2o1. The lowest BCUT2D eigenvalue weighted by Crippen LogP contribution is -2.57. The third kappa shape index (κ3) is 2.00. The maximum atomic E-state index is 12.3. The third-order valence-electron chi connectivity index (χ3n) is 4.62. The van der Waals surface area contributed by atoms with Crippen molar-refractivity contribution < 1.29 is 9.21 Å². The Morgan fingerprint density at radius 3 is 2.75 bits per heavy atom. The molecule has 1 aromatic heterocycles. The molecule has 2 aromatic rings. The summed E-state index contributed by atoms with van der Waals surface area (Å²) in [5, 5.41) is 4.13. The van der Waals surface area contributed by atoms with Crippen LogP contribution < -0.4 is 5.32 Å². The predicted octanol–water partition coefficient (Wildman–Crippen LogP) is 2.26. The van der Waals surface area contributed by atoms with Crippen molar-refractivity contribution in [1.82, 2.24) is 10.2 Å². The van der Waals surface area contributed by atoms with Gasteiger partial charge in [-0.25, -0.2) is 0 Å². The molecule has 0 radical (unpaired) electrons. The molecule has 4 nitrogen and oxygen atoms in total. The molecule has 1 amide bonds. The second-order valence-electron chi connectivity index (χ2n) is 5.87. The molecular weight excluding hydrogens is 252 g/mol. The summed E-state index contributed by atoms with van der Waals surface area (Å²) < 4.78 is 5.63. The van der Waals surface area contributed by atoms with E-state index in [-0.39, 0.29) is 11.9 Å². The van der Waals surface area contributed by atoms with E-state index in [2.05, 4.69) is 10.2 Å². The number of nitrogens with one attached hydrogen (secondary N) is 1. The second-order valence-corrected chi connectivity index (χ2v) is 5.87. The van der Waals surface area contributed by atoms with E-state index in [1.54, 1.807) is 0 Å². The fourth-order valence-electron chi connectivity index (χ4n) is 3.46. The van der Waals surface area contributed by atoms with Gasteiger partial charge in [-0.15, -0.1) is 0 Å². The standard InChI is InChI=1S/C16H18N2O2/c19-16(15-9-12-3-1-2-4-14(12)20-15)17-13-10-18-7-5-11(13)6-8-18/h1-4,9,11,13H,5-8,10H2,(H,17,19). The van der Waals surface area contributed by atoms with E-state index in [4.69, 9.17) is 4.42 Å². The van der Waals surface area contributed by atoms with Crippen LogP contribution in [0.4, 0.5) is 0 Å². The average molecular weight is 270 g/mol. The molecule has 1 aromatic carbocycles. The maximum Gasteiger partial charge on any atom is 0.287 e. The van der Waals surface area contributed by atoms with Gasteiger partial charge in [0.15, 0.2) is 5.76 Å². The van der Waals surface area contributed by atoms with Crippen molar-refractivity contribution in [3.63, 3.8) is 0 Å². The van der Waals surface area contributed by atoms with Gasteiger partial charge in [-0.2, -0.15) is 0 Å². The molecule has 0 saturated carbocycles. The number of rotatable bonds is 2. The van der Waals surface area contributed by atoms with Crippen LogP contribution in [0.1, 0.15) is 23.4 Å². The summed E-state index contributed by atoms with van der Waals surface area (Å²) in [6, 6.07) is 9.82. The highest BCUT2D eigenvalue weighted by Crippen LogP contribution is 2.28. The quantitative estimate of drug-likeness (QED) is 0.910. The number of hydrogen-bond acceptors (Lipinski definition) is 3. The van der Waals surface area contributed by atoms with Crippen LogP contribution in [0.5, 0.6) is 0 Å². The highest BCUT2D eigenvalue weighted by molar-refractivity contribution is 5.96. The summed E-state index contributed by atoms with van der Waals surface area (Å²) in [7, 11) is 0. The molecule has 3 aliphatic rings. The zero-order valence-electron chi connectivity index (χ0n) is 11.3. The molecule has 1 N–H and O–H groups in total. The van der Waals surface area contributed by atoms with Crippen molar-refractivity contribution in [2.45, 2.75) is 18.9 Å². The van der Waals surface area contributed by atoms with Gasteiger partial charge in [-0.3, -0.25) is 4.79 Å². The number of amides is 1. The van der Waals surface area contributed by atoms with E-state index in [0.29, 0.717) is 11.7 Å². The van der Waals surface area contributed by atoms with Gasteiger partial charge in [0.1, 0.15) is 5.58 Å². The summed E-state index contributed by atoms with van der Waals surface area (Å²) in [5.74, 6) is 0.968. The first-order valence-electron chi connectivity index (χ1n) is 7.31. The minimum atomic E-state index is -0.0834. The Balaban J connectivity index is 1.52. The molecule has 1 atom stereocenters. The molecule has 0 aliphatic carbocycles. The van der Waals surface area contributed by atoms with Gasteiger partial charge >= 0.3 is 0 Å². The predicted molar refractivity (Wildman–Crippen MR) is 76.6 cm³/mol. The van der Waals surface area contributed by atoms with Crippen LogP contribution in [0.3, 0.4) is 0 Å². The maximum absolute atomic E-state index is 12.3. The lowest BCUT2D eigenvalue weighted by Gasteiger charge is -2.44. The minimum absolute atomic E-state index is 0.0834. The smallest absolute Gasteiger partial charge is 0.287 e. The number of piperidine rings is 3. The van der Waals surface area contributed by atoms with Crippen molar-refractivity contribution in [1.29, 1.82) is 0 Å². The van der Waals surface area contributed by atoms with Crippen LogP contribution in [0.25, 0.3) is 11.0 Å². The molecule has 1 unspecified atom stereocenters. The van der Waals surface area contributed by atoms with E-state index in [0.717, 1.165) is 17.5 Å². The van der Waals surface area contributed by atoms with Crippen molar-refractivity contribution in [2.24, 2.45) is 5.92 Å². The third-order valence-corrected chi connectivity index (χ3v) is 4.62. The van der Waals surface area contributed by atoms with Crippen LogP contribution in [0.2, 0.25) is 0 Å². The molecule has 20 heavy (non-hydrogen) atoms. The molecule has 104 valence electrons. The van der Waals surface area contributed by atoms with Crippen LogP contribution in [-0.2, 0) is 0 Å². The number of benzene rings is 1. The molecule has 5 rings (SSSR count). The summed E-state index contributed by atoms with van der Waals surface area (Å²) >= 11 is 0. The van der Waals surface area contributed by atoms with Gasteiger partial charge in [0.2, 0.25) is 0 Å². The fourth-order valence-corrected chi connectivity index (χ4v) is 3.46. The number of hydrogen-bond donors (Lipinski definition) is 1. The highest BCUT2D eigenvalue weighted by atomic mass is 16.3. The first kappa shape index (κ1) is 12.0. The first-order valence-corrected chi connectivity index (χ1v) is 7.31. The monoisotopic (exact) mass is 270 g/mol. The lowest BCUT2D eigenvalue weighted by atomic mass is 9.84. The van der Waals surface area contributed by atoms with Gasteiger partial charge in [0, 0.05) is 18.0 Å². The Labute approximate surface area is 117 Å². The van der Waals surface area contributed by atoms with Crippen LogP contribution in [0, 0.1) is 5.92 Å². The Morgan fingerprint density at radius 1 is 1.25 bits per heavy atom. The van der Waals surface area contributed by atoms with Gasteiger partial charge in [0.25, 0.3) is 5.91 Å². The van der Waals surface area contributed by atoms with Crippen molar-refractivity contribution >= 4 is 16.9 Å². The van der Waals surface area contributed by atoms with Crippen molar-refractivity contribution in [2.75, 3.05) is 19.6 Å². The first-order chi connectivity index (χ1) is 9.79. The van der Waals surface area contributed by atoms with E-state index < -0.39 is 0 Å². The molecular formula is C16H18N2O2. The summed E-state index contributed by atoms with van der Waals surface area (Å²) in [4.78, 5) is 14.8. The van der Waals surface area contributed by atoms with Crippen LogP contribution >= 0.6 is 0 Å². The van der Waals surface area contributed by atoms with Crippen molar-refractivity contribution in [3.8, 4) is 0 Å². The molecule has 3 fully saturated rings. The molecule has 0 spiro atoms. The van der Waals surface area contributed by atoms with Crippen molar-refractivity contribution in [3.05, 3.63) is 36.1 Å². The minimum Gasteiger partial charge on any atom is -0.451 e. The summed E-state index contributed by atoms with van der Waals surface area (Å²) in [5.41, 5.74) is 0.770. The summed E-state index contributed by atoms with van der Waals surface area (Å²) in [6.07, 6.45) is 2.40. The topological polar surface area (TPSA) is 45.5 Å². The number of carbonyl (C=O) groups excluding carboxylic acids is 1. The van der Waals surface area contributed by atoms with E-state index in [1.165, 1.54) is 25.9 Å². The average Bonchev–Trinajstić information content (AvgIpc) is 2.92. The fraction of sp³-hybridized carbons (Fsp3) is 0.438. The van der Waals surface area contributed by atoms with E-state index >= 15 is 0 Å². The molecule has 2 bridgehead atoms. The van der Waals surface area contributed by atoms with E-state index in [9.17, 15) is 4.79 Å². The Kier molecular flexibility index (Phi) is 2.77. The van der Waals surface area contributed by atoms with Gasteiger partial charge in [-0.1, -0.05) is 18.2 Å². The van der Waals surface area contributed by atoms with E-state index in [1.807, 2.05) is 30.3 Å². The second kappa shape index (κ2) is 4.63. The molecule has 4 heteroatoms. The number of nitrogens with zero attached hydrogens (tertiary/aromatic N) is 1. The lowest BCUT2D eigenvalue weighted by molar-refractivity contribution is 0.0607. The summed E-state index contributed by atoms with van der Waals surface area (Å²) in [6.45, 7) is 3.35. The highest BCUT2D eigenvalue weighted by Gasteiger charge is 2.35. The van der Waals surface area contributed by atoms with Gasteiger partial charge in [0.05, 0.1) is 0 Å². The van der Waals surface area contributed by atoms with Crippen LogP contribution in [0.15, 0.2) is 34.7 Å². The molecule has 3 aliphatic heterocycles. The number of para-hydroxylation sites is 1. The number of carbonyl (C=O) groups is 1. The molecule has 3 saturated heterocycles. The molecule has 4 heterocycles. The Morgan fingerprint density at radius 2 is 2.05 bits per heavy atom. The number of fused-ring (bicyclic) bond motifs is 4. The normalized spacial score (nSPS) is 28.7. The largest absolute Gasteiger partial charge is 0.451 e. The van der Waals surface area contributed by atoms with Crippen LogP contribution in [-0.4, -0.2) is 36.5 Å². The Bertz CT molecular complexity index is 608. The Hall–Kier alpha value is -1.81. The van der Waals surface area contributed by atoms with Gasteiger partial charge in [-0.05, 0) is 44.0 Å². The zero-order valence-corrected chi connectivity index (χ0v) is 11.3. The zero-order chi connectivity index (χ0) is 13.5. The number of furan rings is 1.